The first-order chi connectivity index (χ1) is 9.05. The second-order valence-corrected chi connectivity index (χ2v) is 5.94. The number of aliphatic carboxylic acids is 1. The van der Waals surface area contributed by atoms with E-state index in [-0.39, 0.29) is 18.1 Å². The van der Waals surface area contributed by atoms with Crippen molar-refractivity contribution >= 4 is 5.97 Å². The zero-order valence-corrected chi connectivity index (χ0v) is 12.1. The lowest BCUT2D eigenvalue weighted by Gasteiger charge is -2.50. The number of carbonyl (C=O) groups is 1. The van der Waals surface area contributed by atoms with Gasteiger partial charge in [0.2, 0.25) is 0 Å². The molecule has 5 heteroatoms. The maximum absolute atomic E-state index is 11.3. The molecule has 2 unspecified atom stereocenters. The van der Waals surface area contributed by atoms with E-state index in [9.17, 15) is 9.90 Å². The molecule has 5 nitrogen and oxygen atoms in total. The summed E-state index contributed by atoms with van der Waals surface area (Å²) in [7, 11) is 2.13. The molecule has 2 atom stereocenters. The van der Waals surface area contributed by atoms with Crippen molar-refractivity contribution in [2.75, 3.05) is 39.8 Å². The summed E-state index contributed by atoms with van der Waals surface area (Å²) in [6.07, 6.45) is 3.14. The molecule has 0 bridgehead atoms. The van der Waals surface area contributed by atoms with Crippen LogP contribution in [-0.4, -0.2) is 72.4 Å². The van der Waals surface area contributed by atoms with E-state index in [1.807, 2.05) is 0 Å². The second-order valence-electron chi connectivity index (χ2n) is 5.94. The maximum Gasteiger partial charge on any atom is 0.305 e. The third-order valence-corrected chi connectivity index (χ3v) is 4.64. The fourth-order valence-electron chi connectivity index (χ4n) is 3.38. The quantitative estimate of drug-likeness (QED) is 0.827. The van der Waals surface area contributed by atoms with Gasteiger partial charge >= 0.3 is 5.97 Å². The van der Waals surface area contributed by atoms with Crippen LogP contribution in [0.25, 0.3) is 0 Å². The predicted molar refractivity (Wildman–Crippen MR) is 73.3 cm³/mol. The number of carboxylic acid groups (broad SMARTS) is 1. The average molecular weight is 270 g/mol. The number of likely N-dealkylation sites (N-methyl/N-ethyl adjacent to an activating group) is 1. The molecule has 0 aromatic carbocycles. The molecule has 0 saturated carbocycles. The molecular weight excluding hydrogens is 244 g/mol. The Hall–Kier alpha value is -0.650. The molecule has 0 amide bonds. The van der Waals surface area contributed by atoms with Crippen LogP contribution in [0.2, 0.25) is 0 Å². The van der Waals surface area contributed by atoms with Crippen LogP contribution in [0, 0.1) is 0 Å². The molecule has 110 valence electrons. The minimum atomic E-state index is -0.685. The standard InChI is InChI=1S/C14H26N2O3/c1-3-12-10-14(4-9-19-12,11-13(17)18)16-7-5-15(2)6-8-16/h12H,3-11H2,1-2H3,(H,17,18). The predicted octanol–water partition coefficient (Wildman–Crippen LogP) is 1.04. The van der Waals surface area contributed by atoms with E-state index in [4.69, 9.17) is 4.74 Å². The van der Waals surface area contributed by atoms with Crippen molar-refractivity contribution in [1.82, 2.24) is 9.80 Å². The number of hydrogen-bond acceptors (Lipinski definition) is 4. The van der Waals surface area contributed by atoms with Gasteiger partial charge < -0.3 is 14.7 Å². The summed E-state index contributed by atoms with van der Waals surface area (Å²) in [5, 5.41) is 9.29. The summed E-state index contributed by atoms with van der Waals surface area (Å²) in [6, 6.07) is 0. The largest absolute Gasteiger partial charge is 0.481 e. The molecule has 2 rings (SSSR count). The van der Waals surface area contributed by atoms with Crippen LogP contribution >= 0.6 is 0 Å². The molecule has 0 radical (unpaired) electrons. The molecule has 0 aromatic rings. The zero-order valence-electron chi connectivity index (χ0n) is 12.1. The monoisotopic (exact) mass is 270 g/mol. The summed E-state index contributed by atoms with van der Waals surface area (Å²) in [5.41, 5.74) is -0.188. The minimum absolute atomic E-state index is 0.188. The molecular formula is C14H26N2O3. The molecule has 1 N–H and O–H groups in total. The fraction of sp³-hybridized carbons (Fsp3) is 0.929. The Morgan fingerprint density at radius 3 is 2.63 bits per heavy atom. The number of ether oxygens (including phenoxy) is 1. The van der Waals surface area contributed by atoms with Crippen molar-refractivity contribution in [2.45, 2.75) is 44.2 Å². The van der Waals surface area contributed by atoms with Gasteiger partial charge in [0.15, 0.2) is 0 Å². The third-order valence-electron chi connectivity index (χ3n) is 4.64. The van der Waals surface area contributed by atoms with E-state index < -0.39 is 5.97 Å². The van der Waals surface area contributed by atoms with Crippen LogP contribution in [-0.2, 0) is 9.53 Å². The van der Waals surface area contributed by atoms with E-state index in [0.29, 0.717) is 6.61 Å². The van der Waals surface area contributed by atoms with Crippen molar-refractivity contribution < 1.29 is 14.6 Å². The van der Waals surface area contributed by atoms with Crippen molar-refractivity contribution in [3.05, 3.63) is 0 Å². The third kappa shape index (κ3) is 3.46. The number of piperazine rings is 1. The second kappa shape index (κ2) is 6.20. The Balaban J connectivity index is 2.11. The first-order valence-electron chi connectivity index (χ1n) is 7.33. The van der Waals surface area contributed by atoms with E-state index in [1.165, 1.54) is 0 Å². The Kier molecular flexibility index (Phi) is 4.81. The molecule has 0 aliphatic carbocycles. The van der Waals surface area contributed by atoms with Crippen molar-refractivity contribution in [3.8, 4) is 0 Å². The normalized spacial score (nSPS) is 34.3. The molecule has 2 saturated heterocycles. The van der Waals surface area contributed by atoms with Crippen LogP contribution in [0.15, 0.2) is 0 Å². The van der Waals surface area contributed by atoms with Crippen molar-refractivity contribution in [1.29, 1.82) is 0 Å². The maximum atomic E-state index is 11.3. The first kappa shape index (κ1) is 14.8. The smallest absolute Gasteiger partial charge is 0.305 e. The minimum Gasteiger partial charge on any atom is -0.481 e. The van der Waals surface area contributed by atoms with Crippen LogP contribution in [0.4, 0.5) is 0 Å². The van der Waals surface area contributed by atoms with Gasteiger partial charge in [0.05, 0.1) is 12.5 Å². The lowest BCUT2D eigenvalue weighted by Crippen LogP contribution is -2.60. The Labute approximate surface area is 115 Å². The molecule has 2 fully saturated rings. The van der Waals surface area contributed by atoms with E-state index in [1.54, 1.807) is 0 Å². The van der Waals surface area contributed by atoms with E-state index in [2.05, 4.69) is 23.8 Å². The number of nitrogens with zero attached hydrogens (tertiary/aromatic N) is 2. The number of hydrogen-bond donors (Lipinski definition) is 1. The van der Waals surface area contributed by atoms with Gasteiger partial charge in [-0.2, -0.15) is 0 Å². The van der Waals surface area contributed by atoms with Gasteiger partial charge in [0.1, 0.15) is 0 Å². The molecule has 19 heavy (non-hydrogen) atoms. The Morgan fingerprint density at radius 1 is 1.37 bits per heavy atom. The summed E-state index contributed by atoms with van der Waals surface area (Å²) in [6.45, 7) is 6.81. The highest BCUT2D eigenvalue weighted by atomic mass is 16.5. The molecule has 0 aromatic heterocycles. The summed E-state index contributed by atoms with van der Waals surface area (Å²) in [4.78, 5) is 16.0. The van der Waals surface area contributed by atoms with Gasteiger partial charge in [-0.3, -0.25) is 9.69 Å². The molecule has 2 aliphatic heterocycles. The highest BCUT2D eigenvalue weighted by Crippen LogP contribution is 2.35. The van der Waals surface area contributed by atoms with Crippen LogP contribution < -0.4 is 0 Å². The number of rotatable bonds is 4. The summed E-state index contributed by atoms with van der Waals surface area (Å²) in [5.74, 6) is -0.685. The van der Waals surface area contributed by atoms with Crippen molar-refractivity contribution in [2.24, 2.45) is 0 Å². The highest BCUT2D eigenvalue weighted by Gasteiger charge is 2.43. The van der Waals surface area contributed by atoms with Crippen LogP contribution in [0.3, 0.4) is 0 Å². The summed E-state index contributed by atoms with van der Waals surface area (Å²) >= 11 is 0. The lowest BCUT2D eigenvalue weighted by atomic mass is 9.80. The van der Waals surface area contributed by atoms with Gasteiger partial charge in [0.25, 0.3) is 0 Å². The Bertz CT molecular complexity index is 316. The van der Waals surface area contributed by atoms with Gasteiger partial charge in [-0.25, -0.2) is 0 Å². The van der Waals surface area contributed by atoms with Gasteiger partial charge in [-0.05, 0) is 26.3 Å². The summed E-state index contributed by atoms with van der Waals surface area (Å²) < 4.78 is 5.75. The van der Waals surface area contributed by atoms with E-state index in [0.717, 1.165) is 45.4 Å². The topological polar surface area (TPSA) is 53.0 Å². The fourth-order valence-corrected chi connectivity index (χ4v) is 3.38. The van der Waals surface area contributed by atoms with Gasteiger partial charge in [0, 0.05) is 38.3 Å². The van der Waals surface area contributed by atoms with Crippen molar-refractivity contribution in [3.63, 3.8) is 0 Å². The van der Waals surface area contributed by atoms with Gasteiger partial charge in [-0.1, -0.05) is 6.92 Å². The van der Waals surface area contributed by atoms with E-state index >= 15 is 0 Å². The highest BCUT2D eigenvalue weighted by molar-refractivity contribution is 5.68. The Morgan fingerprint density at radius 2 is 2.05 bits per heavy atom. The lowest BCUT2D eigenvalue weighted by molar-refractivity contribution is -0.146. The van der Waals surface area contributed by atoms with Crippen LogP contribution in [0.1, 0.15) is 32.6 Å². The SMILES string of the molecule is CCC1CC(CC(=O)O)(N2CCN(C)CC2)CCO1. The number of carboxylic acids is 1. The molecule has 2 heterocycles. The average Bonchev–Trinajstić information content (AvgIpc) is 2.38. The van der Waals surface area contributed by atoms with Crippen LogP contribution in [0.5, 0.6) is 0 Å². The first-order valence-corrected chi connectivity index (χ1v) is 7.33. The molecule has 0 spiro atoms. The zero-order chi connectivity index (χ0) is 13.9. The molecule has 2 aliphatic rings. The van der Waals surface area contributed by atoms with Gasteiger partial charge in [-0.15, -0.1) is 0 Å².